The first-order chi connectivity index (χ1) is 17.7. The van der Waals surface area contributed by atoms with Crippen LogP contribution in [0.2, 0.25) is 0 Å². The minimum atomic E-state index is -3.75. The Bertz CT molecular complexity index is 1530. The SMILES string of the molecule is COc1ccc(NC(=O)NCCS(=O)(=O)c2c(C)n(Cc3ccc(F)cc3)c3ccccc23)c(OC)c1. The predicted molar refractivity (Wildman–Crippen MR) is 141 cm³/mol. The summed E-state index contributed by atoms with van der Waals surface area (Å²) < 4.78 is 52.5. The van der Waals surface area contributed by atoms with Crippen LogP contribution in [-0.4, -0.2) is 45.5 Å². The average molecular weight is 526 g/mol. The monoisotopic (exact) mass is 525 g/mol. The fraction of sp³-hybridized carbons (Fsp3) is 0.222. The molecule has 0 atom stereocenters. The summed E-state index contributed by atoms with van der Waals surface area (Å²) >= 11 is 0. The summed E-state index contributed by atoms with van der Waals surface area (Å²) in [6.07, 6.45) is 0. The van der Waals surface area contributed by atoms with E-state index in [0.717, 1.165) is 11.1 Å². The Balaban J connectivity index is 1.50. The Morgan fingerprint density at radius 3 is 2.43 bits per heavy atom. The van der Waals surface area contributed by atoms with Gasteiger partial charge in [0.1, 0.15) is 17.3 Å². The lowest BCUT2D eigenvalue weighted by atomic mass is 10.2. The highest BCUT2D eigenvalue weighted by atomic mass is 32.2. The molecule has 8 nitrogen and oxygen atoms in total. The van der Waals surface area contributed by atoms with Gasteiger partial charge in [0.15, 0.2) is 9.84 Å². The van der Waals surface area contributed by atoms with Gasteiger partial charge in [-0.05, 0) is 42.8 Å². The molecule has 2 amide bonds. The topological polar surface area (TPSA) is 98.7 Å². The number of sulfone groups is 1. The van der Waals surface area contributed by atoms with Crippen LogP contribution < -0.4 is 20.1 Å². The Hall–Kier alpha value is -4.05. The smallest absolute Gasteiger partial charge is 0.319 e. The molecule has 0 aliphatic carbocycles. The minimum Gasteiger partial charge on any atom is -0.497 e. The number of nitrogens with zero attached hydrogens (tertiary/aromatic N) is 1. The molecule has 4 rings (SSSR count). The molecule has 1 aromatic heterocycles. The quantitative estimate of drug-likeness (QED) is 0.329. The van der Waals surface area contributed by atoms with E-state index in [0.29, 0.717) is 34.8 Å². The molecule has 0 bridgehead atoms. The number of methoxy groups -OCH3 is 2. The van der Waals surface area contributed by atoms with E-state index in [9.17, 15) is 17.6 Å². The highest BCUT2D eigenvalue weighted by molar-refractivity contribution is 7.91. The number of nitrogens with one attached hydrogen (secondary N) is 2. The van der Waals surface area contributed by atoms with Crippen LogP contribution in [0.1, 0.15) is 11.3 Å². The lowest BCUT2D eigenvalue weighted by Crippen LogP contribution is -2.33. The van der Waals surface area contributed by atoms with Crippen LogP contribution in [0.15, 0.2) is 71.6 Å². The molecule has 3 aromatic carbocycles. The molecule has 0 saturated heterocycles. The zero-order valence-electron chi connectivity index (χ0n) is 20.7. The summed E-state index contributed by atoms with van der Waals surface area (Å²) in [5, 5.41) is 5.86. The van der Waals surface area contributed by atoms with E-state index in [2.05, 4.69) is 10.6 Å². The summed E-state index contributed by atoms with van der Waals surface area (Å²) in [5.41, 5.74) is 2.61. The molecule has 0 spiro atoms. The Kier molecular flexibility index (Phi) is 7.68. The molecule has 0 aliphatic rings. The van der Waals surface area contributed by atoms with Crippen molar-refractivity contribution in [1.82, 2.24) is 9.88 Å². The third-order valence-electron chi connectivity index (χ3n) is 6.05. The minimum absolute atomic E-state index is 0.0937. The number of anilines is 1. The number of aromatic nitrogens is 1. The zero-order valence-corrected chi connectivity index (χ0v) is 21.6. The van der Waals surface area contributed by atoms with Gasteiger partial charge >= 0.3 is 6.03 Å². The fourth-order valence-corrected chi connectivity index (χ4v) is 5.88. The average Bonchev–Trinajstić information content (AvgIpc) is 3.17. The summed E-state index contributed by atoms with van der Waals surface area (Å²) in [6, 6.07) is 17.8. The van der Waals surface area contributed by atoms with Crippen molar-refractivity contribution in [2.45, 2.75) is 18.4 Å². The third kappa shape index (κ3) is 5.69. The zero-order chi connectivity index (χ0) is 26.6. The molecule has 37 heavy (non-hydrogen) atoms. The molecule has 0 aliphatic heterocycles. The van der Waals surface area contributed by atoms with Crippen molar-refractivity contribution in [3.63, 3.8) is 0 Å². The van der Waals surface area contributed by atoms with E-state index in [1.807, 2.05) is 16.7 Å². The molecule has 1 heterocycles. The summed E-state index contributed by atoms with van der Waals surface area (Å²) in [6.45, 7) is 2.06. The number of carbonyl (C=O) groups is 1. The van der Waals surface area contributed by atoms with E-state index < -0.39 is 15.9 Å². The standard InChI is InChI=1S/C27H28FN3O5S/c1-18-26(22-6-4-5-7-24(22)31(18)17-19-8-10-20(28)11-9-19)37(33,34)15-14-29-27(32)30-23-13-12-21(35-2)16-25(23)36-3/h4-13,16H,14-15,17H2,1-3H3,(H2,29,30,32). The van der Waals surface area contributed by atoms with Gasteiger partial charge in [0.2, 0.25) is 0 Å². The van der Waals surface area contributed by atoms with Gasteiger partial charge in [-0.1, -0.05) is 30.3 Å². The van der Waals surface area contributed by atoms with Crippen LogP contribution >= 0.6 is 0 Å². The Morgan fingerprint density at radius 2 is 1.73 bits per heavy atom. The number of carbonyl (C=O) groups excluding carboxylic acids is 1. The number of ether oxygens (including phenoxy) is 2. The summed E-state index contributed by atoms with van der Waals surface area (Å²) in [5.74, 6) is 0.364. The maximum Gasteiger partial charge on any atom is 0.319 e. The molecule has 10 heteroatoms. The molecule has 0 unspecified atom stereocenters. The number of urea groups is 1. The lowest BCUT2D eigenvalue weighted by Gasteiger charge is -2.13. The third-order valence-corrected chi connectivity index (χ3v) is 7.93. The van der Waals surface area contributed by atoms with Crippen molar-refractivity contribution in [2.75, 3.05) is 31.8 Å². The van der Waals surface area contributed by atoms with Gasteiger partial charge in [-0.15, -0.1) is 0 Å². The predicted octanol–water partition coefficient (Wildman–Crippen LogP) is 4.75. The van der Waals surface area contributed by atoms with Crippen molar-refractivity contribution >= 4 is 32.5 Å². The lowest BCUT2D eigenvalue weighted by molar-refractivity contribution is 0.252. The number of halogens is 1. The first kappa shape index (κ1) is 26.0. The number of fused-ring (bicyclic) bond motifs is 1. The Morgan fingerprint density at radius 1 is 1.00 bits per heavy atom. The van der Waals surface area contributed by atoms with Gasteiger partial charge in [-0.3, -0.25) is 0 Å². The number of hydrogen-bond acceptors (Lipinski definition) is 5. The second-order valence-electron chi connectivity index (χ2n) is 8.41. The van der Waals surface area contributed by atoms with Gasteiger partial charge in [-0.2, -0.15) is 0 Å². The van der Waals surface area contributed by atoms with Gasteiger partial charge in [0.05, 0.1) is 30.6 Å². The second-order valence-corrected chi connectivity index (χ2v) is 10.5. The van der Waals surface area contributed by atoms with Crippen LogP contribution in [0.4, 0.5) is 14.9 Å². The number of hydrogen-bond donors (Lipinski definition) is 2. The highest BCUT2D eigenvalue weighted by Gasteiger charge is 2.25. The van der Waals surface area contributed by atoms with Crippen molar-refractivity contribution in [1.29, 1.82) is 0 Å². The molecular weight excluding hydrogens is 497 g/mol. The fourth-order valence-electron chi connectivity index (χ4n) is 4.24. The summed E-state index contributed by atoms with van der Waals surface area (Å²) in [4.78, 5) is 12.7. The number of rotatable bonds is 9. The van der Waals surface area contributed by atoms with Crippen molar-refractivity contribution < 1.29 is 27.1 Å². The summed E-state index contributed by atoms with van der Waals surface area (Å²) in [7, 11) is -0.754. The molecule has 0 fully saturated rings. The largest absolute Gasteiger partial charge is 0.497 e. The number of amides is 2. The van der Waals surface area contributed by atoms with E-state index in [-0.39, 0.29) is 23.0 Å². The van der Waals surface area contributed by atoms with Crippen LogP contribution in [0.5, 0.6) is 11.5 Å². The molecular formula is C27H28FN3O5S. The molecule has 2 N–H and O–H groups in total. The van der Waals surface area contributed by atoms with Crippen molar-refractivity contribution in [3.8, 4) is 11.5 Å². The van der Waals surface area contributed by atoms with Gasteiger partial charge in [0, 0.05) is 35.8 Å². The molecule has 4 aromatic rings. The van der Waals surface area contributed by atoms with Crippen LogP contribution in [-0.2, 0) is 16.4 Å². The van der Waals surface area contributed by atoms with Crippen LogP contribution in [0.3, 0.4) is 0 Å². The molecule has 0 radical (unpaired) electrons. The number of benzene rings is 3. The van der Waals surface area contributed by atoms with Gasteiger partial charge < -0.3 is 24.7 Å². The number of para-hydroxylation sites is 1. The second kappa shape index (κ2) is 10.9. The maximum absolute atomic E-state index is 13.4. The van der Waals surface area contributed by atoms with Crippen LogP contribution in [0.25, 0.3) is 10.9 Å². The van der Waals surface area contributed by atoms with Crippen LogP contribution in [0, 0.1) is 12.7 Å². The van der Waals surface area contributed by atoms with Crippen molar-refractivity contribution in [2.24, 2.45) is 0 Å². The van der Waals surface area contributed by atoms with E-state index >= 15 is 0 Å². The first-order valence-corrected chi connectivity index (χ1v) is 13.2. The van der Waals surface area contributed by atoms with E-state index in [4.69, 9.17) is 9.47 Å². The normalized spacial score (nSPS) is 11.4. The highest BCUT2D eigenvalue weighted by Crippen LogP contribution is 2.31. The first-order valence-electron chi connectivity index (χ1n) is 11.6. The van der Waals surface area contributed by atoms with Gasteiger partial charge in [0.25, 0.3) is 0 Å². The van der Waals surface area contributed by atoms with Crippen molar-refractivity contribution in [3.05, 3.63) is 83.8 Å². The van der Waals surface area contributed by atoms with Gasteiger partial charge in [-0.25, -0.2) is 17.6 Å². The molecule has 0 saturated carbocycles. The van der Waals surface area contributed by atoms with E-state index in [1.165, 1.54) is 26.4 Å². The van der Waals surface area contributed by atoms with E-state index in [1.54, 1.807) is 49.4 Å². The Labute approximate surface area is 214 Å². The molecule has 194 valence electrons. The maximum atomic E-state index is 13.4.